The number of hydrogen-bond donors (Lipinski definition) is 0. The molecule has 2 heterocycles. The van der Waals surface area contributed by atoms with Gasteiger partial charge in [-0.3, -0.25) is 9.69 Å². The summed E-state index contributed by atoms with van der Waals surface area (Å²) in [6.45, 7) is 11.5. The summed E-state index contributed by atoms with van der Waals surface area (Å²) in [5.74, 6) is 0.140. The fourth-order valence-electron chi connectivity index (χ4n) is 3.01. The number of nitrogens with zero attached hydrogens (tertiary/aromatic N) is 3. The molecule has 5 nitrogen and oxygen atoms in total. The maximum atomic E-state index is 11.7. The normalized spacial score (nSPS) is 23.9. The third-order valence-electron chi connectivity index (χ3n) is 4.54. The Bertz CT molecular complexity index is 295. The van der Waals surface area contributed by atoms with Crippen LogP contribution in [0.5, 0.6) is 0 Å². The number of hydrogen-bond acceptors (Lipinski definition) is 5. The second-order valence-electron chi connectivity index (χ2n) is 6.01. The molecule has 2 aliphatic rings. The van der Waals surface area contributed by atoms with E-state index in [-0.39, 0.29) is 11.9 Å². The summed E-state index contributed by atoms with van der Waals surface area (Å²) >= 11 is 0. The molecule has 0 aromatic heterocycles. The average Bonchev–Trinajstić information content (AvgIpc) is 2.47. The van der Waals surface area contributed by atoms with Crippen LogP contribution in [-0.4, -0.2) is 86.7 Å². The molecule has 0 spiro atoms. The van der Waals surface area contributed by atoms with Gasteiger partial charge in [0, 0.05) is 39.3 Å². The molecule has 116 valence electrons. The summed E-state index contributed by atoms with van der Waals surface area (Å²) in [7, 11) is 2.19. The summed E-state index contributed by atoms with van der Waals surface area (Å²) in [5, 5.41) is 0. The molecular weight excluding hydrogens is 254 g/mol. The van der Waals surface area contributed by atoms with E-state index in [1.54, 1.807) is 0 Å². The molecule has 0 radical (unpaired) electrons. The highest BCUT2D eigenvalue weighted by Crippen LogP contribution is 2.18. The Morgan fingerprint density at radius 2 is 1.55 bits per heavy atom. The van der Waals surface area contributed by atoms with Gasteiger partial charge in [0.1, 0.15) is 0 Å². The summed E-state index contributed by atoms with van der Waals surface area (Å²) in [5.41, 5.74) is 0. The lowest BCUT2D eigenvalue weighted by atomic mass is 9.97. The van der Waals surface area contributed by atoms with Crippen LogP contribution >= 0.6 is 0 Å². The van der Waals surface area contributed by atoms with Gasteiger partial charge < -0.3 is 14.5 Å². The summed E-state index contributed by atoms with van der Waals surface area (Å²) in [6.07, 6.45) is 1.92. The minimum Gasteiger partial charge on any atom is -0.466 e. The third kappa shape index (κ3) is 4.72. The summed E-state index contributed by atoms with van der Waals surface area (Å²) in [4.78, 5) is 19.1. The van der Waals surface area contributed by atoms with Crippen molar-refractivity contribution in [3.8, 4) is 0 Å². The minimum atomic E-state index is 0.00576. The van der Waals surface area contributed by atoms with Crippen LogP contribution in [0.4, 0.5) is 0 Å². The number of likely N-dealkylation sites (N-methyl/N-ethyl adjacent to an activating group) is 1. The van der Waals surface area contributed by atoms with Gasteiger partial charge in [-0.25, -0.2) is 0 Å². The molecule has 0 bridgehead atoms. The van der Waals surface area contributed by atoms with Gasteiger partial charge in [-0.15, -0.1) is 0 Å². The average molecular weight is 283 g/mol. The lowest BCUT2D eigenvalue weighted by Gasteiger charge is -2.35. The molecular formula is C15H29N3O2. The fourth-order valence-corrected chi connectivity index (χ4v) is 3.01. The standard InChI is InChI=1S/C15H29N3O2/c1-3-20-15(19)14-4-6-17(7-5-14)12-13-18-10-8-16(2)9-11-18/h14H,3-13H2,1-2H3. The third-order valence-corrected chi connectivity index (χ3v) is 4.54. The van der Waals surface area contributed by atoms with Gasteiger partial charge in [0.25, 0.3) is 0 Å². The van der Waals surface area contributed by atoms with E-state index >= 15 is 0 Å². The first kappa shape index (κ1) is 15.7. The van der Waals surface area contributed by atoms with E-state index in [4.69, 9.17) is 4.74 Å². The SMILES string of the molecule is CCOC(=O)C1CCN(CCN2CCN(C)CC2)CC1. The van der Waals surface area contributed by atoms with Gasteiger partial charge in [-0.2, -0.15) is 0 Å². The Morgan fingerprint density at radius 1 is 1.00 bits per heavy atom. The van der Waals surface area contributed by atoms with Crippen molar-refractivity contribution in [1.82, 2.24) is 14.7 Å². The van der Waals surface area contributed by atoms with Crippen molar-refractivity contribution in [1.29, 1.82) is 0 Å². The van der Waals surface area contributed by atoms with Gasteiger partial charge in [-0.05, 0) is 39.9 Å². The molecule has 0 aromatic rings. The van der Waals surface area contributed by atoms with Gasteiger partial charge in [0.2, 0.25) is 0 Å². The van der Waals surface area contributed by atoms with Crippen LogP contribution in [0.3, 0.4) is 0 Å². The predicted molar refractivity (Wildman–Crippen MR) is 79.7 cm³/mol. The van der Waals surface area contributed by atoms with Crippen molar-refractivity contribution < 1.29 is 9.53 Å². The molecule has 2 rings (SSSR count). The molecule has 2 aliphatic heterocycles. The number of rotatable bonds is 5. The number of piperazine rings is 1. The fraction of sp³-hybridized carbons (Fsp3) is 0.933. The van der Waals surface area contributed by atoms with Crippen LogP contribution in [0.2, 0.25) is 0 Å². The number of carbonyl (C=O) groups excluding carboxylic acids is 1. The van der Waals surface area contributed by atoms with Gasteiger partial charge in [-0.1, -0.05) is 0 Å². The first-order valence-corrected chi connectivity index (χ1v) is 7.99. The Labute approximate surface area is 122 Å². The van der Waals surface area contributed by atoms with Crippen molar-refractivity contribution in [2.75, 3.05) is 66.0 Å². The topological polar surface area (TPSA) is 36.0 Å². The smallest absolute Gasteiger partial charge is 0.309 e. The van der Waals surface area contributed by atoms with E-state index in [0.717, 1.165) is 39.0 Å². The molecule has 0 aromatic carbocycles. The van der Waals surface area contributed by atoms with Crippen molar-refractivity contribution in [3.05, 3.63) is 0 Å². The second kappa shape index (κ2) is 7.96. The molecule has 20 heavy (non-hydrogen) atoms. The maximum Gasteiger partial charge on any atom is 0.309 e. The molecule has 0 aliphatic carbocycles. The van der Waals surface area contributed by atoms with Gasteiger partial charge in [0.15, 0.2) is 0 Å². The number of esters is 1. The molecule has 0 saturated carbocycles. The minimum absolute atomic E-state index is 0.00576. The van der Waals surface area contributed by atoms with Crippen LogP contribution in [0.25, 0.3) is 0 Å². The molecule has 2 fully saturated rings. The zero-order chi connectivity index (χ0) is 14.4. The van der Waals surface area contributed by atoms with E-state index in [9.17, 15) is 4.79 Å². The molecule has 0 amide bonds. The quantitative estimate of drug-likeness (QED) is 0.687. The Hall–Kier alpha value is -0.650. The monoisotopic (exact) mass is 283 g/mol. The zero-order valence-corrected chi connectivity index (χ0v) is 13.0. The Morgan fingerprint density at radius 3 is 2.10 bits per heavy atom. The van der Waals surface area contributed by atoms with Crippen LogP contribution in [0, 0.1) is 5.92 Å². The van der Waals surface area contributed by atoms with Crippen LogP contribution in [0.1, 0.15) is 19.8 Å². The van der Waals surface area contributed by atoms with Crippen LogP contribution in [-0.2, 0) is 9.53 Å². The summed E-state index contributed by atoms with van der Waals surface area (Å²) < 4.78 is 5.11. The first-order chi connectivity index (χ1) is 9.69. The maximum absolute atomic E-state index is 11.7. The van der Waals surface area contributed by atoms with Crippen LogP contribution in [0.15, 0.2) is 0 Å². The van der Waals surface area contributed by atoms with Crippen LogP contribution < -0.4 is 0 Å². The number of ether oxygens (including phenoxy) is 1. The van der Waals surface area contributed by atoms with E-state index in [1.165, 1.54) is 26.2 Å². The van der Waals surface area contributed by atoms with Gasteiger partial charge in [0.05, 0.1) is 12.5 Å². The number of carbonyl (C=O) groups is 1. The molecule has 0 N–H and O–H groups in total. The highest BCUT2D eigenvalue weighted by Gasteiger charge is 2.26. The molecule has 0 unspecified atom stereocenters. The summed E-state index contributed by atoms with van der Waals surface area (Å²) in [6, 6.07) is 0. The van der Waals surface area contributed by atoms with E-state index in [2.05, 4.69) is 21.7 Å². The van der Waals surface area contributed by atoms with E-state index in [0.29, 0.717) is 6.61 Å². The lowest BCUT2D eigenvalue weighted by molar-refractivity contribution is -0.149. The van der Waals surface area contributed by atoms with Crippen molar-refractivity contribution in [2.24, 2.45) is 5.92 Å². The highest BCUT2D eigenvalue weighted by molar-refractivity contribution is 5.72. The second-order valence-corrected chi connectivity index (χ2v) is 6.01. The van der Waals surface area contributed by atoms with E-state index < -0.39 is 0 Å². The molecule has 0 atom stereocenters. The van der Waals surface area contributed by atoms with Gasteiger partial charge >= 0.3 is 5.97 Å². The predicted octanol–water partition coefficient (Wildman–Crippen LogP) is 0.509. The largest absolute Gasteiger partial charge is 0.466 e. The van der Waals surface area contributed by atoms with Crippen molar-refractivity contribution in [3.63, 3.8) is 0 Å². The van der Waals surface area contributed by atoms with Crippen molar-refractivity contribution >= 4 is 5.97 Å². The lowest BCUT2D eigenvalue weighted by Crippen LogP contribution is -2.48. The first-order valence-electron chi connectivity index (χ1n) is 7.99. The molecule has 2 saturated heterocycles. The highest BCUT2D eigenvalue weighted by atomic mass is 16.5. The van der Waals surface area contributed by atoms with Crippen molar-refractivity contribution in [2.45, 2.75) is 19.8 Å². The molecule has 5 heteroatoms. The zero-order valence-electron chi connectivity index (χ0n) is 13.0. The Balaban J connectivity index is 1.61. The number of likely N-dealkylation sites (tertiary alicyclic amines) is 1. The number of piperidine rings is 1. The van der Waals surface area contributed by atoms with E-state index in [1.807, 2.05) is 6.92 Å². The Kier molecular flexibility index (Phi) is 6.26.